The van der Waals surface area contributed by atoms with Crippen LogP contribution in [0.2, 0.25) is 0 Å². The van der Waals surface area contributed by atoms with Gasteiger partial charge >= 0.3 is 0 Å². The predicted molar refractivity (Wildman–Crippen MR) is 68.0 cm³/mol. The van der Waals surface area contributed by atoms with Crippen LogP contribution < -0.4 is 4.74 Å². The topological polar surface area (TPSA) is 9.23 Å². The molecule has 2 heteroatoms. The van der Waals surface area contributed by atoms with Crippen molar-refractivity contribution in [2.24, 2.45) is 0 Å². The Bertz CT molecular complexity index is 704. The van der Waals surface area contributed by atoms with Gasteiger partial charge in [0.15, 0.2) is 11.6 Å². The summed E-state index contributed by atoms with van der Waals surface area (Å²) >= 11 is 0. The number of ether oxygens (including phenoxy) is 1. The third-order valence-corrected chi connectivity index (χ3v) is 3.03. The summed E-state index contributed by atoms with van der Waals surface area (Å²) in [6.07, 6.45) is 0. The Hall–Kier alpha value is -2.09. The molecule has 0 spiro atoms. The van der Waals surface area contributed by atoms with E-state index in [-0.39, 0.29) is 5.82 Å². The van der Waals surface area contributed by atoms with E-state index in [0.29, 0.717) is 11.1 Å². The molecule has 0 heterocycles. The zero-order valence-electron chi connectivity index (χ0n) is 9.41. The summed E-state index contributed by atoms with van der Waals surface area (Å²) < 4.78 is 19.5. The van der Waals surface area contributed by atoms with Gasteiger partial charge in [0, 0.05) is 10.8 Å². The summed E-state index contributed by atoms with van der Waals surface area (Å²) in [5.41, 5.74) is 0. The van der Waals surface area contributed by atoms with Crippen LogP contribution >= 0.6 is 0 Å². The van der Waals surface area contributed by atoms with Crippen molar-refractivity contribution in [1.82, 2.24) is 0 Å². The minimum absolute atomic E-state index is 0.290. The van der Waals surface area contributed by atoms with E-state index in [4.69, 9.17) is 4.74 Å². The molecule has 0 atom stereocenters. The van der Waals surface area contributed by atoms with Crippen LogP contribution in [0.3, 0.4) is 0 Å². The van der Waals surface area contributed by atoms with Crippen molar-refractivity contribution in [2.75, 3.05) is 7.11 Å². The molecule has 0 bridgehead atoms. The quantitative estimate of drug-likeness (QED) is 0.566. The lowest BCUT2D eigenvalue weighted by atomic mass is 10.0. The number of hydrogen-bond donors (Lipinski definition) is 0. The molecule has 0 fully saturated rings. The molecule has 3 aromatic carbocycles. The minimum atomic E-state index is -0.290. The molecule has 0 amide bonds. The second kappa shape index (κ2) is 3.74. The van der Waals surface area contributed by atoms with Gasteiger partial charge in [-0.2, -0.15) is 0 Å². The maximum Gasteiger partial charge on any atom is 0.173 e. The molecule has 1 nitrogen and oxygen atoms in total. The van der Waals surface area contributed by atoms with Crippen LogP contribution in [0.1, 0.15) is 0 Å². The van der Waals surface area contributed by atoms with Crippen LogP contribution in [0.4, 0.5) is 4.39 Å². The van der Waals surface area contributed by atoms with Crippen LogP contribution in [0.15, 0.2) is 48.5 Å². The Kier molecular flexibility index (Phi) is 2.22. The molecule has 3 aromatic rings. The molecule has 3 rings (SSSR count). The van der Waals surface area contributed by atoms with Crippen LogP contribution in [-0.4, -0.2) is 7.11 Å². The summed E-state index contributed by atoms with van der Waals surface area (Å²) in [5, 5.41) is 3.34. The second-order valence-electron chi connectivity index (χ2n) is 3.94. The van der Waals surface area contributed by atoms with Gasteiger partial charge in [-0.05, 0) is 10.8 Å². The first-order valence-electron chi connectivity index (χ1n) is 5.46. The van der Waals surface area contributed by atoms with Gasteiger partial charge in [-0.3, -0.25) is 0 Å². The molecule has 17 heavy (non-hydrogen) atoms. The van der Waals surface area contributed by atoms with E-state index in [1.807, 2.05) is 42.5 Å². The Labute approximate surface area is 98.4 Å². The zero-order valence-corrected chi connectivity index (χ0v) is 9.41. The van der Waals surface area contributed by atoms with E-state index < -0.39 is 0 Å². The molecule has 0 aliphatic carbocycles. The second-order valence-corrected chi connectivity index (χ2v) is 3.94. The molecule has 0 aromatic heterocycles. The van der Waals surface area contributed by atoms with Crippen molar-refractivity contribution >= 4 is 21.5 Å². The lowest BCUT2D eigenvalue weighted by Crippen LogP contribution is -1.92. The number of benzene rings is 3. The van der Waals surface area contributed by atoms with E-state index in [2.05, 4.69) is 0 Å². The Morgan fingerprint density at radius 1 is 0.765 bits per heavy atom. The largest absolute Gasteiger partial charge is 0.493 e. The van der Waals surface area contributed by atoms with Crippen molar-refractivity contribution in [3.63, 3.8) is 0 Å². The fourth-order valence-corrected chi connectivity index (χ4v) is 2.27. The maximum atomic E-state index is 14.3. The van der Waals surface area contributed by atoms with Gasteiger partial charge in [0.1, 0.15) is 0 Å². The lowest BCUT2D eigenvalue weighted by Gasteiger charge is -2.10. The zero-order chi connectivity index (χ0) is 11.8. The van der Waals surface area contributed by atoms with Crippen molar-refractivity contribution in [2.45, 2.75) is 0 Å². The molecule has 0 radical (unpaired) electrons. The van der Waals surface area contributed by atoms with E-state index in [9.17, 15) is 4.39 Å². The van der Waals surface area contributed by atoms with Crippen molar-refractivity contribution in [3.05, 3.63) is 54.3 Å². The highest BCUT2D eigenvalue weighted by molar-refractivity contribution is 6.10. The molecular weight excluding hydrogens is 215 g/mol. The maximum absolute atomic E-state index is 14.3. The smallest absolute Gasteiger partial charge is 0.173 e. The van der Waals surface area contributed by atoms with E-state index in [1.54, 1.807) is 6.07 Å². The van der Waals surface area contributed by atoms with E-state index in [1.165, 1.54) is 7.11 Å². The van der Waals surface area contributed by atoms with Gasteiger partial charge in [-0.15, -0.1) is 0 Å². The van der Waals surface area contributed by atoms with Gasteiger partial charge in [0.2, 0.25) is 0 Å². The Morgan fingerprint density at radius 3 is 1.82 bits per heavy atom. The van der Waals surface area contributed by atoms with E-state index >= 15 is 0 Å². The number of rotatable bonds is 1. The van der Waals surface area contributed by atoms with Gasteiger partial charge in [-0.1, -0.05) is 48.5 Å². The fraction of sp³-hybridized carbons (Fsp3) is 0.0667. The third kappa shape index (κ3) is 1.37. The van der Waals surface area contributed by atoms with Gasteiger partial charge in [0.25, 0.3) is 0 Å². The normalized spacial score (nSPS) is 10.9. The first-order valence-corrected chi connectivity index (χ1v) is 5.46. The summed E-state index contributed by atoms with van der Waals surface area (Å²) in [4.78, 5) is 0. The van der Waals surface area contributed by atoms with Crippen LogP contribution in [0, 0.1) is 5.82 Å². The Balaban J connectivity index is 2.64. The van der Waals surface area contributed by atoms with Crippen molar-refractivity contribution < 1.29 is 9.13 Å². The third-order valence-electron chi connectivity index (χ3n) is 3.03. The van der Waals surface area contributed by atoms with Gasteiger partial charge < -0.3 is 4.74 Å². The first kappa shape index (κ1) is 10.1. The number of methoxy groups -OCH3 is 1. The van der Waals surface area contributed by atoms with Gasteiger partial charge in [0.05, 0.1) is 7.11 Å². The molecule has 0 aliphatic rings. The predicted octanol–water partition coefficient (Wildman–Crippen LogP) is 4.14. The summed E-state index contributed by atoms with van der Waals surface area (Å²) in [6.45, 7) is 0. The molecule has 0 saturated heterocycles. The Morgan fingerprint density at radius 2 is 1.24 bits per heavy atom. The lowest BCUT2D eigenvalue weighted by molar-refractivity contribution is 0.394. The molecule has 0 unspecified atom stereocenters. The van der Waals surface area contributed by atoms with Gasteiger partial charge in [-0.25, -0.2) is 4.39 Å². The average Bonchev–Trinajstić information content (AvgIpc) is 2.40. The van der Waals surface area contributed by atoms with Crippen LogP contribution in [0.25, 0.3) is 21.5 Å². The van der Waals surface area contributed by atoms with Crippen molar-refractivity contribution in [1.29, 1.82) is 0 Å². The minimum Gasteiger partial charge on any atom is -0.493 e. The number of hydrogen-bond acceptors (Lipinski definition) is 1. The molecule has 0 N–H and O–H groups in total. The van der Waals surface area contributed by atoms with Crippen molar-refractivity contribution in [3.8, 4) is 5.75 Å². The fourth-order valence-electron chi connectivity index (χ4n) is 2.27. The highest BCUT2D eigenvalue weighted by Crippen LogP contribution is 2.36. The molecule has 0 aliphatic heterocycles. The van der Waals surface area contributed by atoms with Crippen LogP contribution in [-0.2, 0) is 0 Å². The first-order chi connectivity index (χ1) is 8.33. The summed E-state index contributed by atoms with van der Waals surface area (Å²) in [5.74, 6) is 0.0288. The van der Waals surface area contributed by atoms with Crippen LogP contribution in [0.5, 0.6) is 5.75 Å². The highest BCUT2D eigenvalue weighted by Gasteiger charge is 2.13. The average molecular weight is 226 g/mol. The SMILES string of the molecule is COc1c(F)c2ccccc2c2ccccc12. The van der Waals surface area contributed by atoms with E-state index in [0.717, 1.165) is 16.2 Å². The monoisotopic (exact) mass is 226 g/mol. The standard InChI is InChI=1S/C15H11FO/c1-17-15-13-9-5-3-7-11(13)10-6-2-4-8-12(10)14(15)16/h2-9H,1H3. The molecule has 0 saturated carbocycles. The molecule has 84 valence electrons. The molecular formula is C15H11FO. The summed E-state index contributed by atoms with van der Waals surface area (Å²) in [6, 6.07) is 15.2. The number of halogens is 1. The highest BCUT2D eigenvalue weighted by atomic mass is 19.1. The number of fused-ring (bicyclic) bond motifs is 3. The summed E-state index contributed by atoms with van der Waals surface area (Å²) in [7, 11) is 1.50.